The van der Waals surface area contributed by atoms with Crippen molar-refractivity contribution in [3.63, 3.8) is 0 Å². The second-order valence-electron chi connectivity index (χ2n) is 4.95. The van der Waals surface area contributed by atoms with Gasteiger partial charge in [-0.2, -0.15) is 0 Å². The lowest BCUT2D eigenvalue weighted by atomic mass is 10.1. The molecule has 0 heterocycles. The van der Waals surface area contributed by atoms with Crippen molar-refractivity contribution in [1.82, 2.24) is 4.90 Å². The summed E-state index contributed by atoms with van der Waals surface area (Å²) in [7, 11) is 0. The topological polar surface area (TPSA) is 46.3 Å². The Morgan fingerprint density at radius 3 is 2.52 bits per heavy atom. The van der Waals surface area contributed by atoms with Gasteiger partial charge in [-0.1, -0.05) is 48.9 Å². The van der Waals surface area contributed by atoms with Crippen molar-refractivity contribution in [3.8, 4) is 0 Å². The summed E-state index contributed by atoms with van der Waals surface area (Å²) >= 11 is 6.14. The van der Waals surface area contributed by atoms with Gasteiger partial charge < -0.3 is 10.6 Å². The highest BCUT2D eigenvalue weighted by atomic mass is 35.5. The number of nitrogen functional groups attached to an aromatic ring is 1. The number of carbonyl (C=O) groups excluding carboxylic acids is 1. The Hall–Kier alpha value is -2.00. The highest BCUT2D eigenvalue weighted by molar-refractivity contribution is 6.34. The zero-order chi connectivity index (χ0) is 15.2. The molecule has 4 heteroatoms. The summed E-state index contributed by atoms with van der Waals surface area (Å²) in [5.41, 5.74) is 7.83. The highest BCUT2D eigenvalue weighted by Crippen LogP contribution is 2.21. The second-order valence-corrected chi connectivity index (χ2v) is 5.36. The van der Waals surface area contributed by atoms with E-state index in [0.717, 1.165) is 12.0 Å². The standard InChI is InChI=1S/C17H19ClN2O/c1-2-10-20(12-13-6-4-3-5-7-13)17(21)15-9-8-14(19)11-16(15)18/h3-9,11H,2,10,12,19H2,1H3. The molecule has 0 spiro atoms. The minimum atomic E-state index is -0.0642. The van der Waals surface area contributed by atoms with Crippen LogP contribution in [0.1, 0.15) is 29.3 Å². The molecule has 0 aliphatic heterocycles. The molecule has 0 saturated carbocycles. The van der Waals surface area contributed by atoms with Crippen molar-refractivity contribution in [2.24, 2.45) is 0 Å². The van der Waals surface area contributed by atoms with Gasteiger partial charge in [0.05, 0.1) is 10.6 Å². The second kappa shape index (κ2) is 7.14. The van der Waals surface area contributed by atoms with E-state index in [1.807, 2.05) is 35.2 Å². The van der Waals surface area contributed by atoms with E-state index in [9.17, 15) is 4.79 Å². The lowest BCUT2D eigenvalue weighted by Crippen LogP contribution is -2.31. The number of anilines is 1. The first-order valence-electron chi connectivity index (χ1n) is 7.00. The molecule has 2 aromatic carbocycles. The monoisotopic (exact) mass is 302 g/mol. The van der Waals surface area contributed by atoms with Gasteiger partial charge in [-0.15, -0.1) is 0 Å². The molecule has 0 radical (unpaired) electrons. The van der Waals surface area contributed by atoms with Gasteiger partial charge in [-0.25, -0.2) is 0 Å². The average molecular weight is 303 g/mol. The zero-order valence-electron chi connectivity index (χ0n) is 12.1. The molecule has 0 atom stereocenters. The molecule has 2 rings (SSSR count). The summed E-state index contributed by atoms with van der Waals surface area (Å²) in [4.78, 5) is 14.5. The minimum absolute atomic E-state index is 0.0642. The quantitative estimate of drug-likeness (QED) is 0.849. The normalized spacial score (nSPS) is 10.4. The van der Waals surface area contributed by atoms with Crippen LogP contribution >= 0.6 is 11.6 Å². The summed E-state index contributed by atoms with van der Waals surface area (Å²) in [6, 6.07) is 14.9. The molecule has 0 saturated heterocycles. The van der Waals surface area contributed by atoms with E-state index in [0.29, 0.717) is 29.4 Å². The maximum absolute atomic E-state index is 12.7. The fourth-order valence-corrected chi connectivity index (χ4v) is 2.47. The van der Waals surface area contributed by atoms with E-state index >= 15 is 0 Å². The molecular formula is C17H19ClN2O. The smallest absolute Gasteiger partial charge is 0.255 e. The van der Waals surface area contributed by atoms with Crippen LogP contribution in [0.3, 0.4) is 0 Å². The summed E-state index contributed by atoms with van der Waals surface area (Å²) in [6.45, 7) is 3.32. The minimum Gasteiger partial charge on any atom is -0.399 e. The third-order valence-corrected chi connectivity index (χ3v) is 3.53. The van der Waals surface area contributed by atoms with Crippen LogP contribution in [0.4, 0.5) is 5.69 Å². The molecule has 0 bridgehead atoms. The van der Waals surface area contributed by atoms with Gasteiger partial charge in [0, 0.05) is 18.8 Å². The predicted octanol–water partition coefficient (Wildman–Crippen LogP) is 3.97. The first-order valence-corrected chi connectivity index (χ1v) is 7.38. The van der Waals surface area contributed by atoms with Crippen LogP contribution in [0.25, 0.3) is 0 Å². The van der Waals surface area contributed by atoms with Crippen LogP contribution in [0.5, 0.6) is 0 Å². The Balaban J connectivity index is 2.23. The lowest BCUT2D eigenvalue weighted by molar-refractivity contribution is 0.0743. The highest BCUT2D eigenvalue weighted by Gasteiger charge is 2.18. The number of nitrogens with two attached hydrogens (primary N) is 1. The molecule has 1 amide bonds. The molecule has 0 aliphatic carbocycles. The van der Waals surface area contributed by atoms with Crippen molar-refractivity contribution < 1.29 is 4.79 Å². The summed E-state index contributed by atoms with van der Waals surface area (Å²) < 4.78 is 0. The summed E-state index contributed by atoms with van der Waals surface area (Å²) in [5, 5.41) is 0.397. The molecule has 2 aromatic rings. The SMILES string of the molecule is CCCN(Cc1ccccc1)C(=O)c1ccc(N)cc1Cl. The predicted molar refractivity (Wildman–Crippen MR) is 87.3 cm³/mol. The Bertz CT molecular complexity index is 613. The first-order chi connectivity index (χ1) is 10.1. The number of nitrogens with zero attached hydrogens (tertiary/aromatic N) is 1. The van der Waals surface area contributed by atoms with Crippen molar-refractivity contribution in [1.29, 1.82) is 0 Å². The maximum Gasteiger partial charge on any atom is 0.255 e. The number of rotatable bonds is 5. The Kier molecular flexibility index (Phi) is 5.23. The van der Waals surface area contributed by atoms with Crippen LogP contribution in [-0.2, 0) is 6.54 Å². The van der Waals surface area contributed by atoms with Crippen LogP contribution in [-0.4, -0.2) is 17.4 Å². The lowest BCUT2D eigenvalue weighted by Gasteiger charge is -2.23. The number of hydrogen-bond donors (Lipinski definition) is 1. The van der Waals surface area contributed by atoms with Gasteiger partial charge >= 0.3 is 0 Å². The molecule has 0 unspecified atom stereocenters. The van der Waals surface area contributed by atoms with Crippen molar-refractivity contribution in [2.75, 3.05) is 12.3 Å². The Labute approximate surface area is 130 Å². The van der Waals surface area contributed by atoms with Crippen molar-refractivity contribution >= 4 is 23.2 Å². The Morgan fingerprint density at radius 2 is 1.90 bits per heavy atom. The van der Waals surface area contributed by atoms with Crippen molar-refractivity contribution in [3.05, 3.63) is 64.7 Å². The Morgan fingerprint density at radius 1 is 1.19 bits per heavy atom. The average Bonchev–Trinajstić information content (AvgIpc) is 2.47. The van der Waals surface area contributed by atoms with Gasteiger partial charge in [0.1, 0.15) is 0 Å². The van der Waals surface area contributed by atoms with Crippen molar-refractivity contribution in [2.45, 2.75) is 19.9 Å². The summed E-state index contributed by atoms with van der Waals surface area (Å²) in [6.07, 6.45) is 0.894. The zero-order valence-corrected chi connectivity index (χ0v) is 12.8. The van der Waals surface area contributed by atoms with Gasteiger partial charge in [0.25, 0.3) is 5.91 Å². The van der Waals surface area contributed by atoms with Crippen LogP contribution < -0.4 is 5.73 Å². The third-order valence-electron chi connectivity index (χ3n) is 3.22. The molecule has 3 nitrogen and oxygen atoms in total. The third kappa shape index (κ3) is 3.99. The van der Waals surface area contributed by atoms with Gasteiger partial charge in [0.15, 0.2) is 0 Å². The fraction of sp³-hybridized carbons (Fsp3) is 0.235. The molecule has 0 aromatic heterocycles. The summed E-state index contributed by atoms with van der Waals surface area (Å²) in [5.74, 6) is -0.0642. The van der Waals surface area contributed by atoms with Gasteiger partial charge in [-0.3, -0.25) is 4.79 Å². The molecule has 2 N–H and O–H groups in total. The molecule has 0 aliphatic rings. The number of amides is 1. The fourth-order valence-electron chi connectivity index (χ4n) is 2.20. The molecule has 0 fully saturated rings. The van der Waals surface area contributed by atoms with Crippen LogP contribution in [0.15, 0.2) is 48.5 Å². The number of halogens is 1. The van der Waals surface area contributed by atoms with E-state index in [1.165, 1.54) is 0 Å². The van der Waals surface area contributed by atoms with Crippen LogP contribution in [0, 0.1) is 0 Å². The molecule has 21 heavy (non-hydrogen) atoms. The van der Waals surface area contributed by atoms with Gasteiger partial charge in [0.2, 0.25) is 0 Å². The molecule has 110 valence electrons. The van der Waals surface area contributed by atoms with Crippen LogP contribution in [0.2, 0.25) is 5.02 Å². The van der Waals surface area contributed by atoms with E-state index in [2.05, 4.69) is 6.92 Å². The van der Waals surface area contributed by atoms with E-state index in [1.54, 1.807) is 18.2 Å². The number of hydrogen-bond acceptors (Lipinski definition) is 2. The van der Waals surface area contributed by atoms with Gasteiger partial charge in [-0.05, 0) is 30.2 Å². The maximum atomic E-state index is 12.7. The largest absolute Gasteiger partial charge is 0.399 e. The van der Waals surface area contributed by atoms with E-state index in [4.69, 9.17) is 17.3 Å². The number of carbonyl (C=O) groups is 1. The van der Waals surface area contributed by atoms with E-state index < -0.39 is 0 Å². The number of benzene rings is 2. The first kappa shape index (κ1) is 15.4. The van der Waals surface area contributed by atoms with E-state index in [-0.39, 0.29) is 5.91 Å². The molecular weight excluding hydrogens is 284 g/mol.